The fourth-order valence-electron chi connectivity index (χ4n) is 1.36. The van der Waals surface area contributed by atoms with Gasteiger partial charge in [0.1, 0.15) is 0 Å². The minimum Gasteiger partial charge on any atom is -0.307 e. The van der Waals surface area contributed by atoms with Crippen LogP contribution in [0.5, 0.6) is 0 Å². The van der Waals surface area contributed by atoms with Crippen LogP contribution in [-0.2, 0) is 0 Å². The van der Waals surface area contributed by atoms with E-state index >= 15 is 0 Å². The van der Waals surface area contributed by atoms with Crippen LogP contribution in [0.3, 0.4) is 0 Å². The Balaban J connectivity index is 0.000000561. The molecular weight excluding hydrogens is 146 g/mol. The topological polar surface area (TPSA) is 12.0 Å². The summed E-state index contributed by atoms with van der Waals surface area (Å²) in [6.07, 6.45) is 5.72. The second-order valence-electron chi connectivity index (χ2n) is 3.47. The van der Waals surface area contributed by atoms with Gasteiger partial charge in [-0.1, -0.05) is 39.8 Å². The van der Waals surface area contributed by atoms with Crippen LogP contribution in [0.4, 0.5) is 0 Å². The minimum atomic E-state index is 0.571. The van der Waals surface area contributed by atoms with Crippen molar-refractivity contribution < 1.29 is 0 Å². The average Bonchev–Trinajstić information content (AvgIpc) is 2.08. The molecule has 0 spiro atoms. The lowest BCUT2D eigenvalue weighted by molar-refractivity contribution is 0.373. The zero-order valence-corrected chi connectivity index (χ0v) is 9.09. The number of hydrogen-bond donors (Lipinski definition) is 1. The molecule has 0 aromatic heterocycles. The lowest BCUT2D eigenvalue weighted by Gasteiger charge is -2.27. The first kappa shape index (κ1) is 11.7. The molecule has 12 heavy (non-hydrogen) atoms. The molecule has 1 nitrogen and oxygen atoms in total. The molecule has 1 aliphatic rings. The van der Waals surface area contributed by atoms with E-state index in [4.69, 9.17) is 0 Å². The molecule has 2 atom stereocenters. The van der Waals surface area contributed by atoms with E-state index in [2.05, 4.69) is 38.2 Å². The van der Waals surface area contributed by atoms with Crippen LogP contribution in [0, 0.1) is 5.92 Å². The summed E-state index contributed by atoms with van der Waals surface area (Å²) >= 11 is 0. The normalized spacial score (nSPS) is 28.2. The van der Waals surface area contributed by atoms with Crippen LogP contribution >= 0.6 is 0 Å². The van der Waals surface area contributed by atoms with E-state index in [9.17, 15) is 0 Å². The van der Waals surface area contributed by atoms with Crippen molar-refractivity contribution in [2.24, 2.45) is 5.92 Å². The summed E-state index contributed by atoms with van der Waals surface area (Å²) in [5, 5.41) is 3.53. The highest BCUT2D eigenvalue weighted by molar-refractivity contribution is 5.00. The summed E-state index contributed by atoms with van der Waals surface area (Å²) in [7, 11) is 0. The van der Waals surface area contributed by atoms with Crippen LogP contribution in [0.25, 0.3) is 0 Å². The van der Waals surface area contributed by atoms with Crippen molar-refractivity contribution >= 4 is 0 Å². The Morgan fingerprint density at radius 1 is 1.33 bits per heavy atom. The van der Waals surface area contributed by atoms with Gasteiger partial charge < -0.3 is 5.32 Å². The summed E-state index contributed by atoms with van der Waals surface area (Å²) in [4.78, 5) is 0. The molecule has 0 amide bonds. The van der Waals surface area contributed by atoms with Gasteiger partial charge >= 0.3 is 0 Å². The molecule has 1 N–H and O–H groups in total. The average molecular weight is 169 g/mol. The van der Waals surface area contributed by atoms with Crippen molar-refractivity contribution in [2.45, 2.75) is 53.1 Å². The molecule has 1 heteroatoms. The molecule has 0 aromatic carbocycles. The Hall–Kier alpha value is -0.300. The Bertz CT molecular complexity index is 127. The standard InChI is InChI=1S/C9H17N.C2H6/c1-7(2)9-6-4-5-8(3)10-9;1-2/h4-5,7-10H,6H2,1-3H3;1-2H3. The van der Waals surface area contributed by atoms with Crippen molar-refractivity contribution in [3.63, 3.8) is 0 Å². The Labute approximate surface area is 77.2 Å². The Morgan fingerprint density at radius 2 is 1.92 bits per heavy atom. The van der Waals surface area contributed by atoms with Crippen LogP contribution in [-0.4, -0.2) is 12.1 Å². The SMILES string of the molecule is CC.CC1C=CCC(C(C)C)N1. The molecule has 1 aliphatic heterocycles. The fourth-order valence-corrected chi connectivity index (χ4v) is 1.36. The second-order valence-corrected chi connectivity index (χ2v) is 3.47. The molecule has 0 saturated carbocycles. The monoisotopic (exact) mass is 169 g/mol. The summed E-state index contributed by atoms with van der Waals surface area (Å²) in [6.45, 7) is 10.7. The molecule has 0 bridgehead atoms. The molecular formula is C11H23N. The van der Waals surface area contributed by atoms with E-state index in [1.54, 1.807) is 0 Å². The van der Waals surface area contributed by atoms with Crippen molar-refractivity contribution in [1.82, 2.24) is 5.32 Å². The van der Waals surface area contributed by atoms with Gasteiger partial charge in [0.25, 0.3) is 0 Å². The smallest absolute Gasteiger partial charge is 0.0224 e. The summed E-state index contributed by atoms with van der Waals surface area (Å²) in [5.41, 5.74) is 0. The van der Waals surface area contributed by atoms with Crippen LogP contribution in [0.15, 0.2) is 12.2 Å². The highest BCUT2D eigenvalue weighted by Gasteiger charge is 2.15. The van der Waals surface area contributed by atoms with E-state index in [-0.39, 0.29) is 0 Å². The predicted molar refractivity (Wildman–Crippen MR) is 56.3 cm³/mol. The van der Waals surface area contributed by atoms with Crippen molar-refractivity contribution in [3.8, 4) is 0 Å². The van der Waals surface area contributed by atoms with E-state index < -0.39 is 0 Å². The zero-order chi connectivity index (χ0) is 9.56. The van der Waals surface area contributed by atoms with Gasteiger partial charge in [-0.25, -0.2) is 0 Å². The fraction of sp³-hybridized carbons (Fsp3) is 0.818. The number of rotatable bonds is 1. The maximum Gasteiger partial charge on any atom is 0.0224 e. The minimum absolute atomic E-state index is 0.571. The van der Waals surface area contributed by atoms with Gasteiger partial charge in [-0.3, -0.25) is 0 Å². The van der Waals surface area contributed by atoms with Gasteiger partial charge in [-0.2, -0.15) is 0 Å². The zero-order valence-electron chi connectivity index (χ0n) is 9.09. The highest BCUT2D eigenvalue weighted by Crippen LogP contribution is 2.11. The third kappa shape index (κ3) is 3.91. The maximum absolute atomic E-state index is 3.53. The lowest BCUT2D eigenvalue weighted by atomic mass is 9.97. The van der Waals surface area contributed by atoms with Crippen LogP contribution in [0.2, 0.25) is 0 Å². The summed E-state index contributed by atoms with van der Waals surface area (Å²) in [5.74, 6) is 0.757. The lowest BCUT2D eigenvalue weighted by Crippen LogP contribution is -2.40. The van der Waals surface area contributed by atoms with Gasteiger partial charge in [0.05, 0.1) is 0 Å². The molecule has 1 heterocycles. The van der Waals surface area contributed by atoms with Crippen molar-refractivity contribution in [1.29, 1.82) is 0 Å². The second kappa shape index (κ2) is 6.24. The van der Waals surface area contributed by atoms with E-state index in [0.717, 1.165) is 5.92 Å². The molecule has 2 unspecified atom stereocenters. The molecule has 0 saturated heterocycles. The first-order valence-corrected chi connectivity index (χ1v) is 5.13. The molecule has 0 aromatic rings. The number of hydrogen-bond acceptors (Lipinski definition) is 1. The quantitative estimate of drug-likeness (QED) is 0.595. The third-order valence-corrected chi connectivity index (χ3v) is 2.10. The van der Waals surface area contributed by atoms with Crippen LogP contribution < -0.4 is 5.32 Å². The molecule has 72 valence electrons. The van der Waals surface area contributed by atoms with E-state index in [0.29, 0.717) is 12.1 Å². The first-order chi connectivity index (χ1) is 5.70. The van der Waals surface area contributed by atoms with Crippen molar-refractivity contribution in [2.75, 3.05) is 0 Å². The Kier molecular flexibility index (Phi) is 6.09. The largest absolute Gasteiger partial charge is 0.307 e. The van der Waals surface area contributed by atoms with Gasteiger partial charge in [0.2, 0.25) is 0 Å². The third-order valence-electron chi connectivity index (χ3n) is 2.10. The van der Waals surface area contributed by atoms with Crippen molar-refractivity contribution in [3.05, 3.63) is 12.2 Å². The number of nitrogens with one attached hydrogen (secondary N) is 1. The summed E-state index contributed by atoms with van der Waals surface area (Å²) in [6, 6.07) is 1.26. The van der Waals surface area contributed by atoms with Gasteiger partial charge in [0.15, 0.2) is 0 Å². The van der Waals surface area contributed by atoms with E-state index in [1.165, 1.54) is 6.42 Å². The first-order valence-electron chi connectivity index (χ1n) is 5.13. The molecule has 1 rings (SSSR count). The van der Waals surface area contributed by atoms with Gasteiger partial charge in [-0.05, 0) is 19.3 Å². The summed E-state index contributed by atoms with van der Waals surface area (Å²) < 4.78 is 0. The molecule has 0 fully saturated rings. The predicted octanol–water partition coefficient (Wildman–Crippen LogP) is 2.98. The van der Waals surface area contributed by atoms with E-state index in [1.807, 2.05) is 13.8 Å². The highest BCUT2D eigenvalue weighted by atomic mass is 14.9. The maximum atomic E-state index is 3.53. The molecule has 0 aliphatic carbocycles. The van der Waals surface area contributed by atoms with Gasteiger partial charge in [-0.15, -0.1) is 0 Å². The molecule has 0 radical (unpaired) electrons. The Morgan fingerprint density at radius 3 is 2.25 bits per heavy atom. The van der Waals surface area contributed by atoms with Crippen LogP contribution in [0.1, 0.15) is 41.0 Å². The van der Waals surface area contributed by atoms with Gasteiger partial charge in [0, 0.05) is 12.1 Å².